The van der Waals surface area contributed by atoms with Gasteiger partial charge in [-0.05, 0) is 38.5 Å². The molecule has 2 rings (SSSR count). The first-order valence-electron chi connectivity index (χ1n) is 8.78. The Kier molecular flexibility index (Phi) is 6.45. The predicted molar refractivity (Wildman–Crippen MR) is 108 cm³/mol. The molecular formula is C22H28N2O2. The number of carbonyl (C=O) groups excluding carboxylic acids is 1. The van der Waals surface area contributed by atoms with Crippen LogP contribution in [0.3, 0.4) is 0 Å². The minimum atomic E-state index is -0.506. The number of rotatable bonds is 6. The van der Waals surface area contributed by atoms with Gasteiger partial charge in [0.25, 0.3) is 0 Å². The number of carbonyl (C=O) groups is 1. The Labute approximate surface area is 156 Å². The van der Waals surface area contributed by atoms with Crippen LogP contribution in [-0.2, 0) is 4.74 Å². The quantitative estimate of drug-likeness (QED) is 0.658. The maximum Gasteiger partial charge on any atom is 0.418 e. The predicted octanol–water partition coefficient (Wildman–Crippen LogP) is 5.23. The van der Waals surface area contributed by atoms with E-state index in [2.05, 4.69) is 42.3 Å². The van der Waals surface area contributed by atoms with Crippen molar-refractivity contribution < 1.29 is 9.53 Å². The molecule has 0 bridgehead atoms. The van der Waals surface area contributed by atoms with Crippen LogP contribution in [0.1, 0.15) is 32.3 Å². The molecule has 26 heavy (non-hydrogen) atoms. The van der Waals surface area contributed by atoms with Crippen molar-refractivity contribution in [1.82, 2.24) is 4.90 Å². The van der Waals surface area contributed by atoms with Crippen molar-refractivity contribution in [2.24, 2.45) is 0 Å². The molecule has 1 amide bonds. The van der Waals surface area contributed by atoms with Crippen molar-refractivity contribution >= 4 is 11.8 Å². The Morgan fingerprint density at radius 3 is 2.12 bits per heavy atom. The van der Waals surface area contributed by atoms with Crippen molar-refractivity contribution in [3.8, 4) is 0 Å². The van der Waals surface area contributed by atoms with Crippen LogP contribution in [0.5, 0.6) is 0 Å². The van der Waals surface area contributed by atoms with Crippen LogP contribution in [0.15, 0.2) is 74.1 Å². The largest absolute Gasteiger partial charge is 0.443 e. The first-order chi connectivity index (χ1) is 12.3. The minimum Gasteiger partial charge on any atom is -0.443 e. The lowest BCUT2D eigenvalue weighted by atomic mass is 9.97. The molecule has 4 nitrogen and oxygen atoms in total. The molecule has 1 heterocycles. The second kappa shape index (κ2) is 8.56. The molecule has 0 atom stereocenters. The highest BCUT2D eigenvalue weighted by Crippen LogP contribution is 2.26. The Morgan fingerprint density at radius 2 is 1.65 bits per heavy atom. The van der Waals surface area contributed by atoms with E-state index < -0.39 is 5.60 Å². The second-order valence-corrected chi connectivity index (χ2v) is 7.17. The maximum atomic E-state index is 12.1. The minimum absolute atomic E-state index is 0.134. The Hall–Kier alpha value is -2.75. The molecule has 0 unspecified atom stereocenters. The lowest BCUT2D eigenvalue weighted by Gasteiger charge is -2.26. The van der Waals surface area contributed by atoms with Crippen LogP contribution in [-0.4, -0.2) is 29.7 Å². The molecule has 0 spiro atoms. The van der Waals surface area contributed by atoms with Gasteiger partial charge in [0, 0.05) is 37.1 Å². The summed E-state index contributed by atoms with van der Waals surface area (Å²) in [4.78, 5) is 15.7. The zero-order valence-electron chi connectivity index (χ0n) is 15.9. The van der Waals surface area contributed by atoms with Gasteiger partial charge in [-0.1, -0.05) is 36.4 Å². The molecule has 1 aliphatic heterocycles. The van der Waals surface area contributed by atoms with Crippen molar-refractivity contribution in [3.63, 3.8) is 0 Å². The Morgan fingerprint density at radius 1 is 1.12 bits per heavy atom. The fourth-order valence-electron chi connectivity index (χ4n) is 2.65. The summed E-state index contributed by atoms with van der Waals surface area (Å²) >= 11 is 0. The lowest BCUT2D eigenvalue weighted by molar-refractivity contribution is 0.0397. The highest BCUT2D eigenvalue weighted by molar-refractivity contribution is 5.71. The third-order valence-electron chi connectivity index (χ3n) is 3.85. The molecule has 0 N–H and O–H groups in total. The van der Waals surface area contributed by atoms with Gasteiger partial charge >= 0.3 is 6.09 Å². The lowest BCUT2D eigenvalue weighted by Crippen LogP contribution is -2.31. The number of nitrogens with zero attached hydrogens (tertiary/aromatic N) is 2. The highest BCUT2D eigenvalue weighted by atomic mass is 16.6. The van der Waals surface area contributed by atoms with E-state index in [4.69, 9.17) is 4.74 Å². The highest BCUT2D eigenvalue weighted by Gasteiger charge is 2.21. The summed E-state index contributed by atoms with van der Waals surface area (Å²) in [7, 11) is 0. The van der Waals surface area contributed by atoms with E-state index in [9.17, 15) is 4.79 Å². The number of hydrogen-bond donors (Lipinski definition) is 0. The normalized spacial score (nSPS) is 14.2. The number of anilines is 1. The van der Waals surface area contributed by atoms with Gasteiger partial charge < -0.3 is 9.64 Å². The molecular weight excluding hydrogens is 324 g/mol. The van der Waals surface area contributed by atoms with Crippen LogP contribution < -0.4 is 4.90 Å². The SMILES string of the molecule is C=CCN(CC=C)c1ccc(C2C=CN(C(=O)OC(C)(C)C)C=C2)cc1. The smallest absolute Gasteiger partial charge is 0.418 e. The molecule has 0 saturated heterocycles. The molecule has 1 aromatic carbocycles. The van der Waals surface area contributed by atoms with Crippen LogP contribution in [0.2, 0.25) is 0 Å². The van der Waals surface area contributed by atoms with Crippen molar-refractivity contribution in [1.29, 1.82) is 0 Å². The maximum absolute atomic E-state index is 12.1. The molecule has 4 heteroatoms. The first-order valence-corrected chi connectivity index (χ1v) is 8.78. The van der Waals surface area contributed by atoms with Gasteiger partial charge in [-0.25, -0.2) is 4.79 Å². The van der Waals surface area contributed by atoms with Gasteiger partial charge in [0.15, 0.2) is 0 Å². The number of allylic oxidation sites excluding steroid dienone is 2. The number of hydrogen-bond acceptors (Lipinski definition) is 3. The Bertz CT molecular complexity index is 672. The van der Waals surface area contributed by atoms with Crippen molar-refractivity contribution in [2.75, 3.05) is 18.0 Å². The van der Waals surface area contributed by atoms with E-state index >= 15 is 0 Å². The summed E-state index contributed by atoms with van der Waals surface area (Å²) < 4.78 is 5.37. The van der Waals surface area contributed by atoms with Gasteiger partial charge in [-0.3, -0.25) is 4.90 Å². The zero-order chi connectivity index (χ0) is 19.2. The average molecular weight is 352 g/mol. The summed E-state index contributed by atoms with van der Waals surface area (Å²) in [5.74, 6) is 0.134. The zero-order valence-corrected chi connectivity index (χ0v) is 15.9. The van der Waals surface area contributed by atoms with Gasteiger partial charge in [-0.15, -0.1) is 13.2 Å². The van der Waals surface area contributed by atoms with E-state index in [1.54, 1.807) is 12.4 Å². The van der Waals surface area contributed by atoms with Crippen LogP contribution in [0, 0.1) is 0 Å². The number of amides is 1. The topological polar surface area (TPSA) is 32.8 Å². The fraction of sp³-hybridized carbons (Fsp3) is 0.318. The van der Waals surface area contributed by atoms with Crippen molar-refractivity contribution in [2.45, 2.75) is 32.3 Å². The second-order valence-electron chi connectivity index (χ2n) is 7.17. The molecule has 1 aromatic rings. The van der Waals surface area contributed by atoms with Crippen LogP contribution in [0.4, 0.5) is 10.5 Å². The third-order valence-corrected chi connectivity index (χ3v) is 3.85. The van der Waals surface area contributed by atoms with Crippen molar-refractivity contribution in [3.05, 3.63) is 79.7 Å². The summed E-state index contributed by atoms with van der Waals surface area (Å²) in [6.45, 7) is 14.7. The van der Waals surface area contributed by atoms with Gasteiger partial charge in [-0.2, -0.15) is 0 Å². The molecule has 0 aromatic heterocycles. The third kappa shape index (κ3) is 5.38. The molecule has 138 valence electrons. The molecule has 0 aliphatic carbocycles. The fourth-order valence-corrected chi connectivity index (χ4v) is 2.65. The molecule has 0 saturated carbocycles. The van der Waals surface area contributed by atoms with Gasteiger partial charge in [0.2, 0.25) is 0 Å². The van der Waals surface area contributed by atoms with E-state index in [0.717, 1.165) is 18.8 Å². The monoisotopic (exact) mass is 352 g/mol. The number of ether oxygens (including phenoxy) is 1. The van der Waals surface area contributed by atoms with Gasteiger partial charge in [0.1, 0.15) is 5.60 Å². The standard InChI is InChI=1S/C22H28N2O2/c1-6-14-23(15-7-2)20-10-8-18(9-11-20)19-12-16-24(17-13-19)21(25)26-22(3,4)5/h6-13,16-17,19H,1-2,14-15H2,3-5H3. The van der Waals surface area contributed by atoms with E-state index in [1.165, 1.54) is 10.5 Å². The summed E-state index contributed by atoms with van der Waals surface area (Å²) in [6, 6.07) is 8.42. The Balaban J connectivity index is 2.04. The average Bonchev–Trinajstić information content (AvgIpc) is 2.60. The summed E-state index contributed by atoms with van der Waals surface area (Å²) in [6.07, 6.45) is 10.9. The van der Waals surface area contributed by atoms with Gasteiger partial charge in [0.05, 0.1) is 0 Å². The van der Waals surface area contributed by atoms with E-state index in [0.29, 0.717) is 0 Å². The van der Waals surface area contributed by atoms with Crippen LogP contribution in [0.25, 0.3) is 0 Å². The van der Waals surface area contributed by atoms with E-state index in [-0.39, 0.29) is 12.0 Å². The first kappa shape index (κ1) is 19.6. The molecule has 0 radical (unpaired) electrons. The molecule has 0 fully saturated rings. The molecule has 1 aliphatic rings. The summed E-state index contributed by atoms with van der Waals surface area (Å²) in [5, 5.41) is 0. The van der Waals surface area contributed by atoms with Crippen LogP contribution >= 0.6 is 0 Å². The number of benzene rings is 1. The van der Waals surface area contributed by atoms with E-state index in [1.807, 2.05) is 45.1 Å². The summed E-state index contributed by atoms with van der Waals surface area (Å²) in [5.41, 5.74) is 1.80.